The van der Waals surface area contributed by atoms with Gasteiger partial charge >= 0.3 is 0 Å². The molecule has 1 saturated heterocycles. The van der Waals surface area contributed by atoms with E-state index in [9.17, 15) is 5.11 Å². The third kappa shape index (κ3) is 2.44. The van der Waals surface area contributed by atoms with Gasteiger partial charge in [-0.3, -0.25) is 0 Å². The molecule has 1 atom stereocenters. The molecule has 94 valence electrons. The first-order chi connectivity index (χ1) is 7.97. The molecule has 0 radical (unpaired) electrons. The lowest BCUT2D eigenvalue weighted by Gasteiger charge is -2.29. The van der Waals surface area contributed by atoms with E-state index >= 15 is 0 Å². The van der Waals surface area contributed by atoms with Crippen LogP contribution in [0.3, 0.4) is 0 Å². The van der Waals surface area contributed by atoms with Crippen LogP contribution in [-0.2, 0) is 19.8 Å². The highest BCUT2D eigenvalue weighted by Gasteiger charge is 2.47. The third-order valence-corrected chi connectivity index (χ3v) is 2.84. The van der Waals surface area contributed by atoms with Gasteiger partial charge in [-0.05, 0) is 31.5 Å². The number of ether oxygens (including phenoxy) is 3. The Labute approximate surface area is 101 Å². The van der Waals surface area contributed by atoms with Crippen molar-refractivity contribution in [2.75, 3.05) is 20.3 Å². The monoisotopic (exact) mass is 238 g/mol. The fourth-order valence-corrected chi connectivity index (χ4v) is 2.14. The Bertz CT molecular complexity index is 402. The minimum absolute atomic E-state index is 0.214. The van der Waals surface area contributed by atoms with Gasteiger partial charge in [-0.2, -0.15) is 0 Å². The Hall–Kier alpha value is -1.10. The zero-order chi connectivity index (χ0) is 12.5. The SMILES string of the molecule is COCC1(c2cccc(O)c2)COC(C)(C)O1. The Morgan fingerprint density at radius 3 is 2.71 bits per heavy atom. The van der Waals surface area contributed by atoms with Gasteiger partial charge in [0.05, 0.1) is 13.2 Å². The summed E-state index contributed by atoms with van der Waals surface area (Å²) in [5.74, 6) is -0.421. The molecule has 0 aliphatic carbocycles. The highest BCUT2D eigenvalue weighted by molar-refractivity contribution is 5.32. The summed E-state index contributed by atoms with van der Waals surface area (Å²) in [6.45, 7) is 4.54. The summed E-state index contributed by atoms with van der Waals surface area (Å²) in [6.07, 6.45) is 0. The van der Waals surface area contributed by atoms with E-state index in [1.165, 1.54) is 0 Å². The van der Waals surface area contributed by atoms with Crippen LogP contribution in [0.15, 0.2) is 24.3 Å². The number of aromatic hydroxyl groups is 1. The number of benzene rings is 1. The lowest BCUT2D eigenvalue weighted by atomic mass is 9.95. The molecule has 1 aliphatic rings. The van der Waals surface area contributed by atoms with Crippen LogP contribution in [-0.4, -0.2) is 31.2 Å². The quantitative estimate of drug-likeness (QED) is 0.875. The first kappa shape index (κ1) is 12.4. The molecule has 0 bridgehead atoms. The van der Waals surface area contributed by atoms with E-state index in [-0.39, 0.29) is 5.75 Å². The maximum atomic E-state index is 9.55. The smallest absolute Gasteiger partial charge is 0.164 e. The molecular weight excluding hydrogens is 220 g/mol. The molecular formula is C13H18O4. The van der Waals surface area contributed by atoms with Crippen LogP contribution < -0.4 is 0 Å². The van der Waals surface area contributed by atoms with Crippen molar-refractivity contribution in [2.45, 2.75) is 25.2 Å². The summed E-state index contributed by atoms with van der Waals surface area (Å²) >= 11 is 0. The van der Waals surface area contributed by atoms with Gasteiger partial charge in [0.15, 0.2) is 5.79 Å². The molecule has 0 saturated carbocycles. The molecule has 1 heterocycles. The van der Waals surface area contributed by atoms with Crippen LogP contribution >= 0.6 is 0 Å². The molecule has 1 N–H and O–H groups in total. The van der Waals surface area contributed by atoms with E-state index in [1.54, 1.807) is 25.3 Å². The molecule has 4 heteroatoms. The zero-order valence-corrected chi connectivity index (χ0v) is 10.4. The van der Waals surface area contributed by atoms with Crippen LogP contribution in [0.25, 0.3) is 0 Å². The number of hydrogen-bond donors (Lipinski definition) is 1. The largest absolute Gasteiger partial charge is 0.508 e. The number of rotatable bonds is 3. The van der Waals surface area contributed by atoms with Crippen molar-refractivity contribution < 1.29 is 19.3 Å². The van der Waals surface area contributed by atoms with Gasteiger partial charge in [0, 0.05) is 7.11 Å². The van der Waals surface area contributed by atoms with Crippen LogP contribution in [0, 0.1) is 0 Å². The highest BCUT2D eigenvalue weighted by Crippen LogP contribution is 2.39. The second-order valence-electron chi connectivity index (χ2n) is 4.77. The topological polar surface area (TPSA) is 47.9 Å². The Morgan fingerprint density at radius 1 is 1.41 bits per heavy atom. The molecule has 1 aromatic carbocycles. The Morgan fingerprint density at radius 2 is 2.18 bits per heavy atom. The summed E-state index contributed by atoms with van der Waals surface area (Å²) in [4.78, 5) is 0. The summed E-state index contributed by atoms with van der Waals surface area (Å²) in [5.41, 5.74) is 0.224. The van der Waals surface area contributed by atoms with E-state index in [1.807, 2.05) is 19.9 Å². The predicted molar refractivity (Wildman–Crippen MR) is 62.8 cm³/mol. The summed E-state index contributed by atoms with van der Waals surface area (Å²) < 4.78 is 16.8. The molecule has 1 unspecified atom stereocenters. The molecule has 17 heavy (non-hydrogen) atoms. The number of phenols is 1. The van der Waals surface area contributed by atoms with Crippen molar-refractivity contribution in [3.05, 3.63) is 29.8 Å². The maximum absolute atomic E-state index is 9.55. The maximum Gasteiger partial charge on any atom is 0.164 e. The van der Waals surface area contributed by atoms with E-state index in [2.05, 4.69) is 0 Å². The van der Waals surface area contributed by atoms with Crippen molar-refractivity contribution in [3.8, 4) is 5.75 Å². The first-order valence-electron chi connectivity index (χ1n) is 5.60. The fourth-order valence-electron chi connectivity index (χ4n) is 2.14. The normalized spacial score (nSPS) is 27.2. The lowest BCUT2D eigenvalue weighted by molar-refractivity contribution is -0.174. The summed E-state index contributed by atoms with van der Waals surface area (Å²) in [5, 5.41) is 9.55. The number of hydrogen-bond acceptors (Lipinski definition) is 4. The molecule has 0 spiro atoms. The van der Waals surface area contributed by atoms with E-state index in [0.29, 0.717) is 13.2 Å². The van der Waals surface area contributed by atoms with Crippen molar-refractivity contribution in [3.63, 3.8) is 0 Å². The molecule has 1 fully saturated rings. The van der Waals surface area contributed by atoms with E-state index in [0.717, 1.165) is 5.56 Å². The average Bonchev–Trinajstić information content (AvgIpc) is 2.56. The van der Waals surface area contributed by atoms with E-state index in [4.69, 9.17) is 14.2 Å². The van der Waals surface area contributed by atoms with Crippen LogP contribution in [0.4, 0.5) is 0 Å². The summed E-state index contributed by atoms with van der Waals surface area (Å²) in [6, 6.07) is 7.01. The molecule has 4 nitrogen and oxygen atoms in total. The molecule has 0 amide bonds. The van der Waals surface area contributed by atoms with Gasteiger partial charge < -0.3 is 19.3 Å². The number of phenolic OH excluding ortho intramolecular Hbond substituents is 1. The van der Waals surface area contributed by atoms with Crippen molar-refractivity contribution in [1.29, 1.82) is 0 Å². The highest BCUT2D eigenvalue weighted by atomic mass is 16.8. The average molecular weight is 238 g/mol. The molecule has 1 aromatic rings. The second kappa shape index (κ2) is 4.29. The van der Waals surface area contributed by atoms with Crippen molar-refractivity contribution in [2.24, 2.45) is 0 Å². The van der Waals surface area contributed by atoms with Crippen LogP contribution in [0.5, 0.6) is 5.75 Å². The lowest BCUT2D eigenvalue weighted by Crippen LogP contribution is -2.36. The zero-order valence-electron chi connectivity index (χ0n) is 10.4. The second-order valence-corrected chi connectivity index (χ2v) is 4.77. The van der Waals surface area contributed by atoms with Gasteiger partial charge in [-0.1, -0.05) is 12.1 Å². The predicted octanol–water partition coefficient (Wildman–Crippen LogP) is 2.02. The summed E-state index contributed by atoms with van der Waals surface area (Å²) in [7, 11) is 1.62. The molecule has 0 aromatic heterocycles. The van der Waals surface area contributed by atoms with E-state index < -0.39 is 11.4 Å². The third-order valence-electron chi connectivity index (χ3n) is 2.84. The number of methoxy groups -OCH3 is 1. The Kier molecular flexibility index (Phi) is 3.12. The van der Waals surface area contributed by atoms with Gasteiger partial charge in [0.25, 0.3) is 0 Å². The van der Waals surface area contributed by atoms with Crippen LogP contribution in [0.2, 0.25) is 0 Å². The molecule has 1 aliphatic heterocycles. The van der Waals surface area contributed by atoms with Gasteiger partial charge in [0.2, 0.25) is 0 Å². The fraction of sp³-hybridized carbons (Fsp3) is 0.538. The first-order valence-corrected chi connectivity index (χ1v) is 5.60. The molecule has 2 rings (SSSR count). The van der Waals surface area contributed by atoms with Gasteiger partial charge in [0.1, 0.15) is 11.4 Å². The minimum atomic E-state index is -0.642. The van der Waals surface area contributed by atoms with Crippen molar-refractivity contribution >= 4 is 0 Å². The minimum Gasteiger partial charge on any atom is -0.508 e. The Balaban J connectivity index is 2.36. The van der Waals surface area contributed by atoms with Gasteiger partial charge in [-0.25, -0.2) is 0 Å². The van der Waals surface area contributed by atoms with Gasteiger partial charge in [-0.15, -0.1) is 0 Å². The standard InChI is InChI=1S/C13H18O4/c1-12(2)16-9-13(17-12,8-15-3)10-5-4-6-11(14)7-10/h4-7,14H,8-9H2,1-3H3. The van der Waals surface area contributed by atoms with Crippen LogP contribution in [0.1, 0.15) is 19.4 Å². The van der Waals surface area contributed by atoms with Crippen molar-refractivity contribution in [1.82, 2.24) is 0 Å².